The molecule has 0 radical (unpaired) electrons. The predicted octanol–water partition coefficient (Wildman–Crippen LogP) is 2.67. The van der Waals surface area contributed by atoms with Gasteiger partial charge in [0, 0.05) is 27.7 Å². The van der Waals surface area contributed by atoms with Gasteiger partial charge in [-0.2, -0.15) is 0 Å². The zero-order valence-corrected chi connectivity index (χ0v) is 16.9. The van der Waals surface area contributed by atoms with Gasteiger partial charge in [0.25, 0.3) is 0 Å². The third kappa shape index (κ3) is 3.86. The maximum atomic E-state index is 12.0. The molecule has 1 fully saturated rings. The van der Waals surface area contributed by atoms with Gasteiger partial charge in [0.15, 0.2) is 0 Å². The first-order valence-corrected chi connectivity index (χ1v) is 9.87. The van der Waals surface area contributed by atoms with Crippen molar-refractivity contribution < 1.29 is 14.1 Å². The molecule has 1 aliphatic heterocycles. The molecule has 0 saturated carbocycles. The molecule has 0 spiro atoms. The second-order valence-corrected chi connectivity index (χ2v) is 7.71. The van der Waals surface area contributed by atoms with Crippen LogP contribution in [0.4, 0.5) is 5.69 Å². The number of aryl methyl sites for hydroxylation is 1. The van der Waals surface area contributed by atoms with Crippen LogP contribution in [0.25, 0.3) is 11.0 Å². The number of methoxy groups -OCH3 is 1. The smallest absolute Gasteiger partial charge is 0.336 e. The maximum absolute atomic E-state index is 12.0. The summed E-state index contributed by atoms with van der Waals surface area (Å²) < 4.78 is 10.6. The van der Waals surface area contributed by atoms with E-state index in [4.69, 9.17) is 20.8 Å². The van der Waals surface area contributed by atoms with Crippen molar-refractivity contribution in [1.82, 2.24) is 0 Å². The average Bonchev–Trinajstić information content (AvgIpc) is 2.70. The number of nitrogens with one attached hydrogen (secondary N) is 1. The van der Waals surface area contributed by atoms with E-state index >= 15 is 0 Å². The van der Waals surface area contributed by atoms with Crippen molar-refractivity contribution in [3.05, 3.63) is 69.0 Å². The van der Waals surface area contributed by atoms with E-state index in [1.54, 1.807) is 13.2 Å². The van der Waals surface area contributed by atoms with Gasteiger partial charge in [-0.25, -0.2) is 4.79 Å². The average molecular weight is 400 g/mol. The summed E-state index contributed by atoms with van der Waals surface area (Å²) in [6, 6.07) is 13.6. The van der Waals surface area contributed by atoms with E-state index < -0.39 is 0 Å². The quantitative estimate of drug-likeness (QED) is 0.685. The molecule has 0 unspecified atom stereocenters. The second-order valence-electron chi connectivity index (χ2n) is 7.30. The van der Waals surface area contributed by atoms with Crippen molar-refractivity contribution in [2.45, 2.75) is 13.5 Å². The molecule has 1 aliphatic rings. The van der Waals surface area contributed by atoms with E-state index in [1.165, 1.54) is 10.6 Å². The van der Waals surface area contributed by atoms with Gasteiger partial charge < -0.3 is 19.0 Å². The highest BCUT2D eigenvalue weighted by molar-refractivity contribution is 6.32. The number of nitrogens with zero attached hydrogens (tertiary/aromatic N) is 1. The minimum absolute atomic E-state index is 0.305. The first-order valence-electron chi connectivity index (χ1n) is 9.49. The summed E-state index contributed by atoms with van der Waals surface area (Å²) in [4.78, 5) is 15.8. The SMILES string of the molecule is COc1ccc(N2CC[NH+](Cc3cc(=O)oc4cc(C)c(Cl)cc34)CC2)cc1. The Morgan fingerprint density at radius 2 is 1.86 bits per heavy atom. The Balaban J connectivity index is 1.49. The maximum Gasteiger partial charge on any atom is 0.336 e. The van der Waals surface area contributed by atoms with Crippen LogP contribution >= 0.6 is 11.6 Å². The normalized spacial score (nSPS) is 15.2. The first-order chi connectivity index (χ1) is 13.5. The lowest BCUT2D eigenvalue weighted by atomic mass is 10.1. The molecule has 0 amide bonds. The van der Waals surface area contributed by atoms with Crippen LogP contribution in [0.3, 0.4) is 0 Å². The van der Waals surface area contributed by atoms with Crippen LogP contribution in [-0.2, 0) is 6.54 Å². The van der Waals surface area contributed by atoms with Gasteiger partial charge in [-0.3, -0.25) is 0 Å². The number of ether oxygens (including phenoxy) is 1. The summed E-state index contributed by atoms with van der Waals surface area (Å²) in [6.07, 6.45) is 0. The third-order valence-electron chi connectivity index (χ3n) is 5.46. The van der Waals surface area contributed by atoms with Crippen molar-refractivity contribution in [3.8, 4) is 5.75 Å². The van der Waals surface area contributed by atoms with Crippen LogP contribution < -0.4 is 20.2 Å². The predicted molar refractivity (Wildman–Crippen MR) is 112 cm³/mol. The standard InChI is InChI=1S/C22H23ClN2O3/c1-15-11-21-19(13-20(15)23)16(12-22(26)28-21)14-24-7-9-25(10-8-24)17-3-5-18(27-2)6-4-17/h3-6,11-13H,7-10,14H2,1-2H3/p+1. The topological polar surface area (TPSA) is 47.1 Å². The second kappa shape index (κ2) is 7.86. The van der Waals surface area contributed by atoms with E-state index in [1.807, 2.05) is 31.2 Å². The fourth-order valence-electron chi connectivity index (χ4n) is 3.81. The van der Waals surface area contributed by atoms with Crippen molar-refractivity contribution in [2.75, 3.05) is 38.2 Å². The highest BCUT2D eigenvalue weighted by Gasteiger charge is 2.22. The number of benzene rings is 2. The summed E-state index contributed by atoms with van der Waals surface area (Å²) in [7, 11) is 1.68. The lowest BCUT2D eigenvalue weighted by Gasteiger charge is -2.33. The van der Waals surface area contributed by atoms with Gasteiger partial charge in [0.1, 0.15) is 17.9 Å². The largest absolute Gasteiger partial charge is 0.497 e. The summed E-state index contributed by atoms with van der Waals surface area (Å²) in [6.45, 7) is 6.67. The Hall–Kier alpha value is -2.50. The molecular formula is C22H24ClN2O3+. The zero-order chi connectivity index (χ0) is 19.7. The fourth-order valence-corrected chi connectivity index (χ4v) is 3.98. The van der Waals surface area contributed by atoms with E-state index in [9.17, 15) is 4.79 Å². The Bertz CT molecular complexity index is 1040. The van der Waals surface area contributed by atoms with E-state index in [0.29, 0.717) is 10.6 Å². The van der Waals surface area contributed by atoms with Crippen molar-refractivity contribution in [2.24, 2.45) is 0 Å². The number of anilines is 1. The van der Waals surface area contributed by atoms with E-state index in [2.05, 4.69) is 17.0 Å². The monoisotopic (exact) mass is 399 g/mol. The van der Waals surface area contributed by atoms with Crippen LogP contribution in [0.1, 0.15) is 11.1 Å². The molecule has 1 saturated heterocycles. The van der Waals surface area contributed by atoms with Gasteiger partial charge in [-0.15, -0.1) is 0 Å². The van der Waals surface area contributed by atoms with Crippen LogP contribution in [0.5, 0.6) is 5.75 Å². The molecular weight excluding hydrogens is 376 g/mol. The molecule has 6 heteroatoms. The van der Waals surface area contributed by atoms with E-state index in [-0.39, 0.29) is 5.63 Å². The molecule has 146 valence electrons. The highest BCUT2D eigenvalue weighted by atomic mass is 35.5. The van der Waals surface area contributed by atoms with Crippen molar-refractivity contribution >= 4 is 28.3 Å². The molecule has 0 atom stereocenters. The number of piperazine rings is 1. The van der Waals surface area contributed by atoms with Gasteiger partial charge in [-0.05, 0) is 48.9 Å². The lowest BCUT2D eigenvalue weighted by molar-refractivity contribution is -0.914. The third-order valence-corrected chi connectivity index (χ3v) is 5.87. The van der Waals surface area contributed by atoms with E-state index in [0.717, 1.165) is 55.0 Å². The van der Waals surface area contributed by atoms with Crippen molar-refractivity contribution in [1.29, 1.82) is 0 Å². The molecule has 1 aromatic heterocycles. The Labute approximate surface area is 169 Å². The summed E-state index contributed by atoms with van der Waals surface area (Å²) in [5, 5.41) is 1.63. The minimum Gasteiger partial charge on any atom is -0.497 e. The molecule has 1 N–H and O–H groups in total. The van der Waals surface area contributed by atoms with Crippen molar-refractivity contribution in [3.63, 3.8) is 0 Å². The highest BCUT2D eigenvalue weighted by Crippen LogP contribution is 2.25. The van der Waals surface area contributed by atoms with Gasteiger partial charge in [-0.1, -0.05) is 11.6 Å². The van der Waals surface area contributed by atoms with Gasteiger partial charge in [0.05, 0.1) is 33.3 Å². The first kappa shape index (κ1) is 18.8. The minimum atomic E-state index is -0.305. The summed E-state index contributed by atoms with van der Waals surface area (Å²) in [5.74, 6) is 0.872. The molecule has 28 heavy (non-hydrogen) atoms. The number of fused-ring (bicyclic) bond motifs is 1. The molecule has 4 rings (SSSR count). The Morgan fingerprint density at radius 3 is 2.54 bits per heavy atom. The van der Waals surface area contributed by atoms with Gasteiger partial charge in [0.2, 0.25) is 0 Å². The number of hydrogen-bond acceptors (Lipinski definition) is 4. The fraction of sp³-hybridized carbons (Fsp3) is 0.318. The molecule has 3 aromatic rings. The Kier molecular flexibility index (Phi) is 5.29. The number of hydrogen-bond donors (Lipinski definition) is 1. The molecule has 0 aliphatic carbocycles. The van der Waals surface area contributed by atoms with Crippen LogP contribution in [-0.4, -0.2) is 33.3 Å². The lowest BCUT2D eigenvalue weighted by Crippen LogP contribution is -3.13. The van der Waals surface area contributed by atoms with Gasteiger partial charge >= 0.3 is 5.63 Å². The summed E-state index contributed by atoms with van der Waals surface area (Å²) >= 11 is 6.31. The van der Waals surface area contributed by atoms with Crippen LogP contribution in [0.2, 0.25) is 5.02 Å². The number of rotatable bonds is 4. The molecule has 2 heterocycles. The van der Waals surface area contributed by atoms with Crippen LogP contribution in [0.15, 0.2) is 51.7 Å². The Morgan fingerprint density at radius 1 is 1.14 bits per heavy atom. The molecule has 0 bridgehead atoms. The van der Waals surface area contributed by atoms with Crippen LogP contribution in [0, 0.1) is 6.92 Å². The zero-order valence-electron chi connectivity index (χ0n) is 16.1. The number of halogens is 1. The molecule has 5 nitrogen and oxygen atoms in total. The number of quaternary nitrogens is 1. The summed E-state index contributed by atoms with van der Waals surface area (Å²) in [5.41, 5.74) is 3.44. The molecule has 2 aromatic carbocycles.